The van der Waals surface area contributed by atoms with Crippen molar-refractivity contribution in [3.05, 3.63) is 97.5 Å². The summed E-state index contributed by atoms with van der Waals surface area (Å²) in [6, 6.07) is 14.0. The van der Waals surface area contributed by atoms with Crippen molar-refractivity contribution in [1.82, 2.24) is 4.57 Å². The van der Waals surface area contributed by atoms with Crippen LogP contribution in [0.25, 0.3) is 16.6 Å². The second-order valence-electron chi connectivity index (χ2n) is 9.35. The molecule has 0 N–H and O–H groups in total. The van der Waals surface area contributed by atoms with Crippen molar-refractivity contribution in [2.45, 2.75) is 32.4 Å². The lowest BCUT2D eigenvalue weighted by molar-refractivity contribution is 0.719. The van der Waals surface area contributed by atoms with Gasteiger partial charge in [-0.3, -0.25) is 0 Å². The van der Waals surface area contributed by atoms with Crippen LogP contribution in [0.15, 0.2) is 81.3 Å². The molecule has 186 valence electrons. The summed E-state index contributed by atoms with van der Waals surface area (Å²) in [5, 5.41) is 36.5. The standard InChI is InChI=1S/C31H25N5S2/c1-20-8-22(12-23(15-32)16-33)4-5-25(9-20)29-11-21(2)10-26-14-30(38-31(26)19-37-29)28-7-6-27(36(28)3)13-24(17-34)18-35/h4-8,11-14,21H,9-10,19H2,1-3H3. The van der Waals surface area contributed by atoms with Gasteiger partial charge >= 0.3 is 0 Å². The van der Waals surface area contributed by atoms with Crippen LogP contribution in [0.2, 0.25) is 0 Å². The maximum Gasteiger partial charge on any atom is 0.131 e. The molecular weight excluding hydrogens is 507 g/mol. The first-order valence-electron chi connectivity index (χ1n) is 12.1. The van der Waals surface area contributed by atoms with Crippen LogP contribution in [-0.2, 0) is 19.2 Å². The molecule has 3 heterocycles. The van der Waals surface area contributed by atoms with Crippen molar-refractivity contribution < 1.29 is 0 Å². The Kier molecular flexibility index (Phi) is 8.35. The van der Waals surface area contributed by atoms with Gasteiger partial charge in [-0.1, -0.05) is 36.8 Å². The second kappa shape index (κ2) is 11.9. The van der Waals surface area contributed by atoms with Crippen LogP contribution in [0.5, 0.6) is 0 Å². The van der Waals surface area contributed by atoms with Gasteiger partial charge in [0.1, 0.15) is 35.4 Å². The van der Waals surface area contributed by atoms with E-state index in [1.54, 1.807) is 23.5 Å². The average Bonchev–Trinajstić information content (AvgIpc) is 3.39. The van der Waals surface area contributed by atoms with Crippen LogP contribution in [0.1, 0.15) is 36.4 Å². The Bertz CT molecular complexity index is 1610. The highest BCUT2D eigenvalue weighted by Crippen LogP contribution is 2.42. The van der Waals surface area contributed by atoms with Gasteiger partial charge in [-0.15, -0.1) is 23.1 Å². The number of allylic oxidation sites excluding steroid dienone is 10. The molecule has 4 rings (SSSR count). The first kappa shape index (κ1) is 26.8. The number of aromatic nitrogens is 1. The molecule has 0 saturated carbocycles. The number of nitrogens with zero attached hydrogens (tertiary/aromatic N) is 5. The monoisotopic (exact) mass is 531 g/mol. The van der Waals surface area contributed by atoms with Crippen LogP contribution in [0, 0.1) is 51.2 Å². The number of thioether (sulfide) groups is 1. The zero-order valence-electron chi connectivity index (χ0n) is 21.4. The SMILES string of the molecule is CC1=CC(C=C(C#N)C#N)=CC=C(C2=CC(C)Cc3cc(-c4ccc(C=C(C#N)C#N)n4C)sc3CS2)C1. The number of hydrogen-bond donors (Lipinski definition) is 0. The number of rotatable bonds is 4. The molecule has 0 aromatic carbocycles. The molecule has 2 aromatic heterocycles. The Morgan fingerprint density at radius 1 is 1.03 bits per heavy atom. The molecule has 38 heavy (non-hydrogen) atoms. The summed E-state index contributed by atoms with van der Waals surface area (Å²) >= 11 is 3.66. The van der Waals surface area contributed by atoms with Crippen LogP contribution < -0.4 is 0 Å². The summed E-state index contributed by atoms with van der Waals surface area (Å²) in [6.07, 6.45) is 13.6. The molecule has 1 unspecified atom stereocenters. The van der Waals surface area contributed by atoms with E-state index in [9.17, 15) is 0 Å². The third-order valence-electron chi connectivity index (χ3n) is 6.41. The molecule has 2 aliphatic rings. The van der Waals surface area contributed by atoms with E-state index < -0.39 is 0 Å². The van der Waals surface area contributed by atoms with E-state index in [2.05, 4.69) is 32.1 Å². The summed E-state index contributed by atoms with van der Waals surface area (Å²) in [5.41, 5.74) is 6.75. The lowest BCUT2D eigenvalue weighted by Gasteiger charge is -2.18. The maximum atomic E-state index is 9.12. The highest BCUT2D eigenvalue weighted by Gasteiger charge is 2.20. The van der Waals surface area contributed by atoms with Crippen molar-refractivity contribution in [2.75, 3.05) is 0 Å². The van der Waals surface area contributed by atoms with Crippen LogP contribution >= 0.6 is 23.1 Å². The summed E-state index contributed by atoms with van der Waals surface area (Å²) in [6.45, 7) is 4.33. The van der Waals surface area contributed by atoms with Crippen molar-refractivity contribution in [1.29, 1.82) is 21.0 Å². The number of nitriles is 4. The molecular formula is C31H25N5S2. The Morgan fingerprint density at radius 3 is 2.45 bits per heavy atom. The summed E-state index contributed by atoms with van der Waals surface area (Å²) in [7, 11) is 1.96. The second-order valence-corrected chi connectivity index (χ2v) is 11.5. The first-order chi connectivity index (χ1) is 18.3. The van der Waals surface area contributed by atoms with Gasteiger partial charge in [0.2, 0.25) is 0 Å². The Morgan fingerprint density at radius 2 is 1.74 bits per heavy atom. The van der Waals surface area contributed by atoms with Crippen LogP contribution in [0.3, 0.4) is 0 Å². The molecule has 0 radical (unpaired) electrons. The van der Waals surface area contributed by atoms with Gasteiger partial charge in [0.25, 0.3) is 0 Å². The fourth-order valence-electron chi connectivity index (χ4n) is 4.55. The summed E-state index contributed by atoms with van der Waals surface area (Å²) in [5.74, 6) is 1.24. The number of fused-ring (bicyclic) bond motifs is 1. The van der Waals surface area contributed by atoms with Gasteiger partial charge in [-0.05, 0) is 72.7 Å². The zero-order chi connectivity index (χ0) is 27.2. The lowest BCUT2D eigenvalue weighted by atomic mass is 9.98. The van der Waals surface area contributed by atoms with Crippen LogP contribution in [-0.4, -0.2) is 4.57 Å². The molecule has 0 saturated heterocycles. The van der Waals surface area contributed by atoms with E-state index in [0.29, 0.717) is 5.92 Å². The van der Waals surface area contributed by atoms with Gasteiger partial charge in [-0.2, -0.15) is 21.0 Å². The zero-order valence-corrected chi connectivity index (χ0v) is 23.1. The van der Waals surface area contributed by atoms with Gasteiger partial charge in [0.15, 0.2) is 0 Å². The van der Waals surface area contributed by atoms with Crippen LogP contribution in [0.4, 0.5) is 0 Å². The van der Waals surface area contributed by atoms with Gasteiger partial charge in [0.05, 0.1) is 10.6 Å². The topological polar surface area (TPSA) is 100 Å². The van der Waals surface area contributed by atoms with E-state index >= 15 is 0 Å². The van der Waals surface area contributed by atoms with E-state index in [1.807, 2.05) is 71.9 Å². The molecule has 1 atom stereocenters. The molecule has 5 nitrogen and oxygen atoms in total. The molecule has 0 bridgehead atoms. The molecule has 0 amide bonds. The van der Waals surface area contributed by atoms with Gasteiger partial charge in [0, 0.05) is 28.3 Å². The largest absolute Gasteiger partial charge is 0.343 e. The Hall–Kier alpha value is -4.27. The van der Waals surface area contributed by atoms with Gasteiger partial charge < -0.3 is 4.57 Å². The smallest absolute Gasteiger partial charge is 0.131 e. The lowest BCUT2D eigenvalue weighted by Crippen LogP contribution is -2.02. The van der Waals surface area contributed by atoms with Crippen molar-refractivity contribution in [3.63, 3.8) is 0 Å². The third kappa shape index (κ3) is 5.99. The number of thiophene rings is 1. The summed E-state index contributed by atoms with van der Waals surface area (Å²) in [4.78, 5) is 3.82. The first-order valence-corrected chi connectivity index (χ1v) is 13.9. The third-order valence-corrected chi connectivity index (χ3v) is 8.93. The minimum Gasteiger partial charge on any atom is -0.343 e. The van der Waals surface area contributed by atoms with Crippen molar-refractivity contribution >= 4 is 29.2 Å². The van der Waals surface area contributed by atoms with E-state index in [1.165, 1.54) is 31.4 Å². The number of hydrogen-bond acceptors (Lipinski definition) is 6. The highest BCUT2D eigenvalue weighted by atomic mass is 32.2. The van der Waals surface area contributed by atoms with E-state index in [-0.39, 0.29) is 11.1 Å². The fraction of sp³-hybridized carbons (Fsp3) is 0.226. The minimum absolute atomic E-state index is 0.0893. The average molecular weight is 532 g/mol. The molecule has 0 spiro atoms. The summed E-state index contributed by atoms with van der Waals surface area (Å²) < 4.78 is 2.03. The van der Waals surface area contributed by atoms with Crippen molar-refractivity contribution in [3.8, 4) is 34.8 Å². The van der Waals surface area contributed by atoms with E-state index in [4.69, 9.17) is 21.0 Å². The molecule has 0 fully saturated rings. The minimum atomic E-state index is 0.0893. The maximum absolute atomic E-state index is 9.12. The Labute approximate surface area is 231 Å². The van der Waals surface area contributed by atoms with Gasteiger partial charge in [-0.25, -0.2) is 0 Å². The molecule has 1 aliphatic carbocycles. The normalized spacial score (nSPS) is 16.7. The Balaban J connectivity index is 1.60. The van der Waals surface area contributed by atoms with Crippen molar-refractivity contribution in [2.24, 2.45) is 13.0 Å². The predicted molar refractivity (Wildman–Crippen MR) is 154 cm³/mol. The molecule has 2 aromatic rings. The quantitative estimate of drug-likeness (QED) is 0.377. The predicted octanol–water partition coefficient (Wildman–Crippen LogP) is 7.67. The highest BCUT2D eigenvalue weighted by molar-refractivity contribution is 8.02. The molecule has 1 aliphatic heterocycles. The fourth-order valence-corrected chi connectivity index (χ4v) is 7.14. The molecule has 7 heteroatoms. The van der Waals surface area contributed by atoms with E-state index in [0.717, 1.165) is 35.6 Å².